The zero-order valence-corrected chi connectivity index (χ0v) is 6.45. The number of rotatable bonds is 2. The second-order valence-corrected chi connectivity index (χ2v) is 2.98. The van der Waals surface area contributed by atoms with E-state index < -0.39 is 0 Å². The van der Waals surface area contributed by atoms with Gasteiger partial charge in [-0.05, 0) is 28.5 Å². The molecule has 0 amide bonds. The summed E-state index contributed by atoms with van der Waals surface area (Å²) in [5, 5.41) is 1.80. The van der Waals surface area contributed by atoms with Crippen molar-refractivity contribution in [1.82, 2.24) is 0 Å². The third kappa shape index (κ3) is 0.781. The SMILES string of the molecule is S=CCc1ccc2cc1C2. The van der Waals surface area contributed by atoms with E-state index in [0.717, 1.165) is 6.42 Å². The van der Waals surface area contributed by atoms with Gasteiger partial charge in [0.25, 0.3) is 0 Å². The van der Waals surface area contributed by atoms with Gasteiger partial charge in [0.2, 0.25) is 0 Å². The summed E-state index contributed by atoms with van der Waals surface area (Å²) in [5.41, 5.74) is 4.35. The first-order valence-corrected chi connectivity index (χ1v) is 3.91. The van der Waals surface area contributed by atoms with Crippen LogP contribution in [0.15, 0.2) is 18.2 Å². The zero-order valence-electron chi connectivity index (χ0n) is 5.63. The fourth-order valence-electron chi connectivity index (χ4n) is 1.33. The molecule has 0 aliphatic heterocycles. The minimum absolute atomic E-state index is 0.949. The number of hydrogen-bond donors (Lipinski definition) is 0. The highest BCUT2D eigenvalue weighted by molar-refractivity contribution is 7.78. The minimum Gasteiger partial charge on any atom is -0.0931 e. The van der Waals surface area contributed by atoms with E-state index >= 15 is 0 Å². The number of benzene rings is 1. The second-order valence-electron chi connectivity index (χ2n) is 2.65. The van der Waals surface area contributed by atoms with Gasteiger partial charge in [-0.15, -0.1) is 0 Å². The van der Waals surface area contributed by atoms with Gasteiger partial charge in [0, 0.05) is 6.42 Å². The monoisotopic (exact) mass is 148 g/mol. The van der Waals surface area contributed by atoms with Crippen LogP contribution in [0.3, 0.4) is 0 Å². The van der Waals surface area contributed by atoms with E-state index in [-0.39, 0.29) is 0 Å². The second kappa shape index (κ2) is 2.17. The van der Waals surface area contributed by atoms with Crippen LogP contribution in [-0.2, 0) is 12.8 Å². The van der Waals surface area contributed by atoms with Crippen molar-refractivity contribution in [3.8, 4) is 0 Å². The summed E-state index contributed by atoms with van der Waals surface area (Å²) < 4.78 is 0. The number of fused-ring (bicyclic) bond motifs is 2. The molecule has 0 aromatic heterocycles. The quantitative estimate of drug-likeness (QED) is 0.588. The van der Waals surface area contributed by atoms with E-state index in [1.54, 1.807) is 5.37 Å². The molecule has 0 spiro atoms. The van der Waals surface area contributed by atoms with Crippen LogP contribution < -0.4 is 0 Å². The van der Waals surface area contributed by atoms with E-state index in [4.69, 9.17) is 12.2 Å². The van der Waals surface area contributed by atoms with E-state index in [1.807, 2.05) is 0 Å². The molecule has 0 atom stereocenters. The first-order valence-electron chi connectivity index (χ1n) is 3.44. The van der Waals surface area contributed by atoms with Crippen LogP contribution in [0.2, 0.25) is 0 Å². The third-order valence-corrected chi connectivity index (χ3v) is 2.14. The average Bonchev–Trinajstić information content (AvgIpc) is 1.87. The Bertz CT molecular complexity index is 272. The van der Waals surface area contributed by atoms with Crippen LogP contribution in [0, 0.1) is 0 Å². The molecule has 1 aromatic carbocycles. The van der Waals surface area contributed by atoms with Crippen LogP contribution in [0.1, 0.15) is 16.7 Å². The molecular weight excluding hydrogens is 140 g/mol. The Kier molecular flexibility index (Phi) is 1.31. The maximum Gasteiger partial charge on any atom is 0.00106 e. The van der Waals surface area contributed by atoms with Crippen LogP contribution in [0.5, 0.6) is 0 Å². The molecule has 0 nitrogen and oxygen atoms in total. The molecule has 2 aliphatic carbocycles. The molecule has 0 N–H and O–H groups in total. The van der Waals surface area contributed by atoms with Gasteiger partial charge in [-0.1, -0.05) is 30.4 Å². The van der Waals surface area contributed by atoms with Gasteiger partial charge in [-0.3, -0.25) is 0 Å². The van der Waals surface area contributed by atoms with Gasteiger partial charge >= 0.3 is 0 Å². The highest BCUT2D eigenvalue weighted by Gasteiger charge is 2.11. The van der Waals surface area contributed by atoms with Crippen molar-refractivity contribution >= 4 is 17.6 Å². The van der Waals surface area contributed by atoms with Crippen LogP contribution in [0.4, 0.5) is 0 Å². The summed E-state index contributed by atoms with van der Waals surface area (Å²) in [6.07, 6.45) is 2.12. The molecule has 10 heavy (non-hydrogen) atoms. The van der Waals surface area contributed by atoms with Gasteiger partial charge in [0.05, 0.1) is 0 Å². The van der Waals surface area contributed by atoms with Crippen LogP contribution in [0.25, 0.3) is 0 Å². The molecule has 2 bridgehead atoms. The lowest BCUT2D eigenvalue weighted by Gasteiger charge is -2.17. The third-order valence-electron chi connectivity index (χ3n) is 1.97. The van der Waals surface area contributed by atoms with Crippen molar-refractivity contribution in [2.45, 2.75) is 12.8 Å². The predicted octanol–water partition coefficient (Wildman–Crippen LogP) is 2.13. The van der Waals surface area contributed by atoms with Crippen molar-refractivity contribution < 1.29 is 0 Å². The normalized spacial score (nSPS) is 12.4. The molecule has 50 valence electrons. The Labute approximate surface area is 65.9 Å². The highest BCUT2D eigenvalue weighted by atomic mass is 32.1. The molecule has 0 saturated heterocycles. The average molecular weight is 148 g/mol. The van der Waals surface area contributed by atoms with Gasteiger partial charge in [-0.2, -0.15) is 0 Å². The summed E-state index contributed by atoms with van der Waals surface area (Å²) in [6.45, 7) is 0. The van der Waals surface area contributed by atoms with Crippen LogP contribution in [-0.4, -0.2) is 5.37 Å². The molecule has 0 saturated carbocycles. The molecule has 0 unspecified atom stereocenters. The lowest BCUT2D eigenvalue weighted by atomic mass is 9.88. The predicted molar refractivity (Wildman–Crippen MR) is 46.6 cm³/mol. The number of thiocarbonyl (C=S) groups is 1. The van der Waals surface area contributed by atoms with Crippen molar-refractivity contribution in [1.29, 1.82) is 0 Å². The summed E-state index contributed by atoms with van der Waals surface area (Å²) >= 11 is 4.79. The maximum absolute atomic E-state index is 4.79. The Morgan fingerprint density at radius 3 is 2.80 bits per heavy atom. The van der Waals surface area contributed by atoms with E-state index in [2.05, 4.69) is 18.2 Å². The van der Waals surface area contributed by atoms with Crippen molar-refractivity contribution in [2.75, 3.05) is 0 Å². The lowest BCUT2D eigenvalue weighted by molar-refractivity contribution is 1.04. The van der Waals surface area contributed by atoms with Crippen LogP contribution >= 0.6 is 12.2 Å². The highest BCUT2D eigenvalue weighted by Crippen LogP contribution is 2.24. The molecule has 2 aliphatic rings. The largest absolute Gasteiger partial charge is 0.0931 e. The number of hydrogen-bond acceptors (Lipinski definition) is 1. The Morgan fingerprint density at radius 1 is 1.50 bits per heavy atom. The van der Waals surface area contributed by atoms with Gasteiger partial charge < -0.3 is 0 Å². The van der Waals surface area contributed by atoms with Gasteiger partial charge in [0.1, 0.15) is 0 Å². The zero-order chi connectivity index (χ0) is 6.97. The van der Waals surface area contributed by atoms with E-state index in [0.29, 0.717) is 0 Å². The van der Waals surface area contributed by atoms with Crippen molar-refractivity contribution in [2.24, 2.45) is 0 Å². The molecule has 0 radical (unpaired) electrons. The van der Waals surface area contributed by atoms with Gasteiger partial charge in [-0.25, -0.2) is 0 Å². The Balaban J connectivity index is 2.37. The van der Waals surface area contributed by atoms with E-state index in [1.165, 1.54) is 23.1 Å². The fourth-order valence-corrected chi connectivity index (χ4v) is 1.51. The summed E-state index contributed by atoms with van der Waals surface area (Å²) in [6, 6.07) is 6.60. The Morgan fingerprint density at radius 2 is 2.30 bits per heavy atom. The minimum atomic E-state index is 0.949. The molecule has 0 heterocycles. The maximum atomic E-state index is 4.79. The van der Waals surface area contributed by atoms with Crippen molar-refractivity contribution in [3.63, 3.8) is 0 Å². The fraction of sp³-hybridized carbons (Fsp3) is 0.222. The summed E-state index contributed by atoms with van der Waals surface area (Å²) in [4.78, 5) is 0. The van der Waals surface area contributed by atoms with Gasteiger partial charge in [0.15, 0.2) is 0 Å². The molecule has 0 fully saturated rings. The molecule has 1 heteroatoms. The van der Waals surface area contributed by atoms with E-state index in [9.17, 15) is 0 Å². The standard InChI is InChI=1S/C9H8S/c10-4-3-8-2-1-7-5-9(8)6-7/h1-2,4-5H,3,6H2. The lowest BCUT2D eigenvalue weighted by Crippen LogP contribution is -2.05. The summed E-state index contributed by atoms with van der Waals surface area (Å²) in [5.74, 6) is 0. The topological polar surface area (TPSA) is 0 Å². The molecular formula is C9H8S. The molecule has 1 aromatic rings. The smallest absolute Gasteiger partial charge is 0.00106 e. The first kappa shape index (κ1) is 6.05. The molecule has 3 rings (SSSR count). The first-order chi connectivity index (χ1) is 4.90. The summed E-state index contributed by atoms with van der Waals surface area (Å²) in [7, 11) is 0. The van der Waals surface area contributed by atoms with Crippen molar-refractivity contribution in [3.05, 3.63) is 34.9 Å². The Hall–Kier alpha value is -0.690.